The summed E-state index contributed by atoms with van der Waals surface area (Å²) in [5.74, 6) is 0. The van der Waals surface area contributed by atoms with Crippen molar-refractivity contribution in [2.45, 2.75) is 38.8 Å². The van der Waals surface area contributed by atoms with Gasteiger partial charge in [0.1, 0.15) is 0 Å². The van der Waals surface area contributed by atoms with Gasteiger partial charge < -0.3 is 0 Å². The standard InChI is InChI=1S/C6H14Cl2Si/c1-5-6(2,3)9(4,7)8/h5H2,1-4H3. The van der Waals surface area contributed by atoms with E-state index in [1.54, 1.807) is 0 Å². The van der Waals surface area contributed by atoms with Crippen molar-refractivity contribution in [2.75, 3.05) is 0 Å². The molecule has 0 heterocycles. The van der Waals surface area contributed by atoms with Crippen LogP contribution >= 0.6 is 22.2 Å². The third-order valence-electron chi connectivity index (χ3n) is 2.07. The van der Waals surface area contributed by atoms with Gasteiger partial charge in [0.05, 0.1) is 0 Å². The van der Waals surface area contributed by atoms with Crippen molar-refractivity contribution in [1.29, 1.82) is 0 Å². The molecule has 56 valence electrons. The van der Waals surface area contributed by atoms with E-state index >= 15 is 0 Å². The topological polar surface area (TPSA) is 0 Å². The quantitative estimate of drug-likeness (QED) is 0.454. The van der Waals surface area contributed by atoms with Crippen molar-refractivity contribution >= 4 is 28.9 Å². The Morgan fingerprint density at radius 2 is 1.67 bits per heavy atom. The van der Waals surface area contributed by atoms with Crippen molar-refractivity contribution in [3.8, 4) is 0 Å². The van der Waals surface area contributed by atoms with Gasteiger partial charge in [0.25, 0.3) is 6.69 Å². The first-order chi connectivity index (χ1) is 3.81. The third-order valence-corrected chi connectivity index (χ3v) is 7.87. The highest BCUT2D eigenvalue weighted by Crippen LogP contribution is 2.44. The number of halogens is 2. The Balaban J connectivity index is 4.14. The van der Waals surface area contributed by atoms with Gasteiger partial charge in [-0.15, -0.1) is 22.2 Å². The van der Waals surface area contributed by atoms with Crippen LogP contribution < -0.4 is 0 Å². The lowest BCUT2D eigenvalue weighted by Gasteiger charge is -2.30. The average Bonchev–Trinajstić information content (AvgIpc) is 1.64. The molecule has 3 heteroatoms. The van der Waals surface area contributed by atoms with Crippen LogP contribution in [0.3, 0.4) is 0 Å². The van der Waals surface area contributed by atoms with Gasteiger partial charge in [-0.2, -0.15) is 0 Å². The van der Waals surface area contributed by atoms with Crippen LogP contribution in [0.25, 0.3) is 0 Å². The largest absolute Gasteiger partial charge is 0.253 e. The summed E-state index contributed by atoms with van der Waals surface area (Å²) in [6.07, 6.45) is 1.06. The second-order valence-corrected chi connectivity index (χ2v) is 11.4. The van der Waals surface area contributed by atoms with Gasteiger partial charge in [-0.3, -0.25) is 0 Å². The minimum absolute atomic E-state index is 0.149. The zero-order chi connectivity index (χ0) is 7.71. The molecule has 0 atom stereocenters. The number of hydrogen-bond donors (Lipinski definition) is 0. The van der Waals surface area contributed by atoms with E-state index in [-0.39, 0.29) is 5.04 Å². The van der Waals surface area contributed by atoms with E-state index in [2.05, 4.69) is 20.8 Å². The van der Waals surface area contributed by atoms with E-state index in [0.717, 1.165) is 6.42 Å². The van der Waals surface area contributed by atoms with E-state index in [1.807, 2.05) is 6.55 Å². The van der Waals surface area contributed by atoms with E-state index in [9.17, 15) is 0 Å². The summed E-state index contributed by atoms with van der Waals surface area (Å²) in [5, 5.41) is 0.149. The zero-order valence-electron chi connectivity index (χ0n) is 6.46. The molecule has 0 aromatic rings. The molecule has 0 amide bonds. The predicted molar refractivity (Wildman–Crippen MR) is 47.7 cm³/mol. The summed E-state index contributed by atoms with van der Waals surface area (Å²) in [7, 11) is 0. The molecular weight excluding hydrogens is 171 g/mol. The molecule has 0 saturated heterocycles. The molecule has 0 nitrogen and oxygen atoms in total. The van der Waals surface area contributed by atoms with Crippen molar-refractivity contribution in [2.24, 2.45) is 0 Å². The van der Waals surface area contributed by atoms with Crippen LogP contribution in [0.4, 0.5) is 0 Å². The molecule has 0 aliphatic heterocycles. The van der Waals surface area contributed by atoms with Crippen LogP contribution in [-0.4, -0.2) is 6.69 Å². The average molecular weight is 185 g/mol. The molecule has 0 rings (SSSR count). The summed E-state index contributed by atoms with van der Waals surface area (Å²) < 4.78 is 0. The lowest BCUT2D eigenvalue weighted by Crippen LogP contribution is -2.29. The zero-order valence-corrected chi connectivity index (χ0v) is 8.97. The minimum atomic E-state index is -1.94. The molecule has 0 spiro atoms. The first-order valence-electron chi connectivity index (χ1n) is 3.19. The summed E-state index contributed by atoms with van der Waals surface area (Å²) in [4.78, 5) is 0. The number of hydrogen-bond acceptors (Lipinski definition) is 0. The van der Waals surface area contributed by atoms with Crippen molar-refractivity contribution in [1.82, 2.24) is 0 Å². The predicted octanol–water partition coefficient (Wildman–Crippen LogP) is 3.73. The molecule has 0 aliphatic rings. The van der Waals surface area contributed by atoms with Gasteiger partial charge in [-0.25, -0.2) is 0 Å². The molecule has 0 fully saturated rings. The van der Waals surface area contributed by atoms with E-state index in [4.69, 9.17) is 22.2 Å². The fourth-order valence-corrected chi connectivity index (χ4v) is 1.73. The molecular formula is C6H14Cl2Si. The van der Waals surface area contributed by atoms with Gasteiger partial charge in [-0.05, 0) is 11.6 Å². The van der Waals surface area contributed by atoms with Crippen molar-refractivity contribution in [3.05, 3.63) is 0 Å². The van der Waals surface area contributed by atoms with Crippen LogP contribution in [0, 0.1) is 0 Å². The summed E-state index contributed by atoms with van der Waals surface area (Å²) in [6.45, 7) is 6.40. The Morgan fingerprint density at radius 1 is 1.33 bits per heavy atom. The van der Waals surface area contributed by atoms with Crippen molar-refractivity contribution < 1.29 is 0 Å². The summed E-state index contributed by atoms with van der Waals surface area (Å²) in [5.41, 5.74) is 0. The second-order valence-electron chi connectivity index (χ2n) is 3.13. The van der Waals surface area contributed by atoms with Gasteiger partial charge in [-0.1, -0.05) is 27.2 Å². The van der Waals surface area contributed by atoms with Gasteiger partial charge in [0.2, 0.25) is 0 Å². The normalized spacial score (nSPS) is 14.0. The highest BCUT2D eigenvalue weighted by atomic mass is 35.7. The fourth-order valence-electron chi connectivity index (χ4n) is 0.310. The molecule has 0 N–H and O–H groups in total. The highest BCUT2D eigenvalue weighted by Gasteiger charge is 2.39. The SMILES string of the molecule is CCC(C)(C)[Si](C)(Cl)Cl. The van der Waals surface area contributed by atoms with Crippen LogP contribution in [0.1, 0.15) is 27.2 Å². The smallest absolute Gasteiger partial charge is 0.146 e. The molecule has 0 aliphatic carbocycles. The van der Waals surface area contributed by atoms with Crippen LogP contribution in [-0.2, 0) is 0 Å². The number of rotatable bonds is 2. The van der Waals surface area contributed by atoms with E-state index in [1.165, 1.54) is 0 Å². The fraction of sp³-hybridized carbons (Fsp3) is 1.00. The van der Waals surface area contributed by atoms with Gasteiger partial charge in [0, 0.05) is 0 Å². The lowest BCUT2D eigenvalue weighted by atomic mass is 10.1. The molecule has 0 bridgehead atoms. The van der Waals surface area contributed by atoms with Gasteiger partial charge in [0.15, 0.2) is 0 Å². The molecule has 0 aromatic heterocycles. The Morgan fingerprint density at radius 3 is 1.67 bits per heavy atom. The molecule has 0 radical (unpaired) electrons. The monoisotopic (exact) mass is 184 g/mol. The summed E-state index contributed by atoms with van der Waals surface area (Å²) >= 11 is 12.1. The van der Waals surface area contributed by atoms with Crippen LogP contribution in [0.2, 0.25) is 11.6 Å². The Bertz CT molecular complexity index is 93.7. The second kappa shape index (κ2) is 2.81. The molecule has 0 saturated carbocycles. The van der Waals surface area contributed by atoms with E-state index < -0.39 is 6.69 Å². The lowest BCUT2D eigenvalue weighted by molar-refractivity contribution is 0.637. The van der Waals surface area contributed by atoms with Crippen LogP contribution in [0.5, 0.6) is 0 Å². The highest BCUT2D eigenvalue weighted by molar-refractivity contribution is 7.46. The molecule has 0 aromatic carbocycles. The van der Waals surface area contributed by atoms with E-state index in [0.29, 0.717) is 0 Å². The maximum Gasteiger partial charge on any atom is 0.253 e. The minimum Gasteiger partial charge on any atom is -0.146 e. The first kappa shape index (κ1) is 9.80. The molecule has 9 heavy (non-hydrogen) atoms. The first-order valence-corrected chi connectivity index (χ1v) is 7.71. The maximum atomic E-state index is 6.03. The van der Waals surface area contributed by atoms with Gasteiger partial charge >= 0.3 is 0 Å². The summed E-state index contributed by atoms with van der Waals surface area (Å²) in [6, 6.07) is 0. The maximum absolute atomic E-state index is 6.03. The Labute approximate surface area is 68.0 Å². The molecule has 0 unspecified atom stereocenters. The Hall–Kier alpha value is 0.797. The van der Waals surface area contributed by atoms with Crippen molar-refractivity contribution in [3.63, 3.8) is 0 Å². The van der Waals surface area contributed by atoms with Crippen LogP contribution in [0.15, 0.2) is 0 Å². The third kappa shape index (κ3) is 2.48. The Kier molecular flexibility index (Phi) is 3.06.